The number of allylic oxidation sites excluding steroid dienone is 4. The first kappa shape index (κ1) is 30.3. The number of methoxy groups -OCH3 is 1. The summed E-state index contributed by atoms with van der Waals surface area (Å²) in [5, 5.41) is 10.7. The minimum atomic E-state index is -0.637. The van der Waals surface area contributed by atoms with E-state index < -0.39 is 17.7 Å². The molecule has 198 valence electrons. The highest BCUT2D eigenvalue weighted by Crippen LogP contribution is 2.20. The van der Waals surface area contributed by atoms with E-state index in [2.05, 4.69) is 34.5 Å². The minimum absolute atomic E-state index is 0.117. The van der Waals surface area contributed by atoms with Crippen LogP contribution in [0.15, 0.2) is 72.6 Å². The van der Waals surface area contributed by atoms with Crippen molar-refractivity contribution >= 4 is 12.0 Å². The Morgan fingerprint density at radius 1 is 1.22 bits per heavy atom. The maximum atomic E-state index is 13.2. The molecule has 0 fully saturated rings. The van der Waals surface area contributed by atoms with Gasteiger partial charge in [0, 0.05) is 25.0 Å². The van der Waals surface area contributed by atoms with Crippen molar-refractivity contribution in [1.82, 2.24) is 26.4 Å². The van der Waals surface area contributed by atoms with Gasteiger partial charge in [0.2, 0.25) is 0 Å². The van der Waals surface area contributed by atoms with Crippen LogP contribution < -0.4 is 26.1 Å². The molecule has 0 spiro atoms. The fraction of sp³-hybridized carbons (Fsp3) is 0.407. The number of rotatable bonds is 13. The van der Waals surface area contributed by atoms with Crippen LogP contribution in [0.1, 0.15) is 46.2 Å². The van der Waals surface area contributed by atoms with Gasteiger partial charge >= 0.3 is 6.09 Å². The Kier molecular flexibility index (Phi) is 12.3. The molecule has 2 amide bonds. The largest absolute Gasteiger partial charge is 0.497 e. The van der Waals surface area contributed by atoms with Crippen LogP contribution in [0.2, 0.25) is 0 Å². The van der Waals surface area contributed by atoms with Gasteiger partial charge < -0.3 is 30.8 Å². The molecule has 0 aliphatic heterocycles. The summed E-state index contributed by atoms with van der Waals surface area (Å²) < 4.78 is 10.7. The molecule has 1 aromatic rings. The fourth-order valence-electron chi connectivity index (χ4n) is 3.15. The van der Waals surface area contributed by atoms with E-state index in [1.165, 1.54) is 0 Å². The number of nitrogens with one attached hydrogen (secondary N) is 4. The molecule has 0 bridgehead atoms. The number of alkyl carbamates (subject to hydrolysis) is 1. The molecule has 1 atom stereocenters. The summed E-state index contributed by atoms with van der Waals surface area (Å²) in [6, 6.07) is 6.75. The van der Waals surface area contributed by atoms with Crippen LogP contribution in [-0.4, -0.2) is 50.0 Å². The van der Waals surface area contributed by atoms with Crippen molar-refractivity contribution < 1.29 is 19.1 Å². The van der Waals surface area contributed by atoms with Crippen LogP contribution in [0.5, 0.6) is 5.75 Å². The molecule has 1 aromatic carbocycles. The first-order valence-electron chi connectivity index (χ1n) is 11.7. The highest BCUT2D eigenvalue weighted by atomic mass is 16.6. The van der Waals surface area contributed by atoms with Crippen molar-refractivity contribution in [3.8, 4) is 5.75 Å². The number of nitrogens with zero attached hydrogens (tertiary/aromatic N) is 1. The Morgan fingerprint density at radius 3 is 2.50 bits per heavy atom. The zero-order valence-electron chi connectivity index (χ0n) is 22.5. The molecule has 0 saturated heterocycles. The summed E-state index contributed by atoms with van der Waals surface area (Å²) >= 11 is 0. The maximum absolute atomic E-state index is 13.2. The molecule has 0 radical (unpaired) electrons. The van der Waals surface area contributed by atoms with Crippen molar-refractivity contribution in [2.24, 2.45) is 0 Å². The second-order valence-electron chi connectivity index (χ2n) is 9.10. The van der Waals surface area contributed by atoms with Gasteiger partial charge in [-0.25, -0.2) is 9.80 Å². The van der Waals surface area contributed by atoms with Crippen LogP contribution in [0, 0.1) is 0 Å². The molecule has 1 unspecified atom stereocenters. The van der Waals surface area contributed by atoms with Gasteiger partial charge in [0.05, 0.1) is 25.4 Å². The molecule has 9 heteroatoms. The van der Waals surface area contributed by atoms with Gasteiger partial charge in [-0.1, -0.05) is 37.4 Å². The molecule has 36 heavy (non-hydrogen) atoms. The highest BCUT2D eigenvalue weighted by Gasteiger charge is 2.22. The summed E-state index contributed by atoms with van der Waals surface area (Å²) in [6.07, 6.45) is 4.66. The number of hydrazine groups is 1. The van der Waals surface area contributed by atoms with E-state index in [-0.39, 0.29) is 12.5 Å². The van der Waals surface area contributed by atoms with E-state index >= 15 is 0 Å². The third kappa shape index (κ3) is 11.1. The highest BCUT2D eigenvalue weighted by molar-refractivity contribution is 5.97. The van der Waals surface area contributed by atoms with Gasteiger partial charge in [0.1, 0.15) is 11.4 Å². The van der Waals surface area contributed by atoms with Gasteiger partial charge in [-0.2, -0.15) is 0 Å². The summed E-state index contributed by atoms with van der Waals surface area (Å²) in [5.74, 6) is 0.296. The van der Waals surface area contributed by atoms with Crippen molar-refractivity contribution in [1.29, 1.82) is 0 Å². The average molecular weight is 500 g/mol. The molecule has 9 nitrogen and oxygen atoms in total. The fourth-order valence-corrected chi connectivity index (χ4v) is 3.15. The minimum Gasteiger partial charge on any atom is -0.497 e. The van der Waals surface area contributed by atoms with Crippen LogP contribution in [0.25, 0.3) is 0 Å². The molecule has 0 saturated carbocycles. The van der Waals surface area contributed by atoms with Crippen LogP contribution in [0.3, 0.4) is 0 Å². The Hall–Kier alpha value is -3.72. The molecular weight excluding hydrogens is 458 g/mol. The Balaban J connectivity index is 2.94. The van der Waals surface area contributed by atoms with E-state index in [0.29, 0.717) is 23.7 Å². The van der Waals surface area contributed by atoms with E-state index in [1.54, 1.807) is 47.0 Å². The first-order valence-corrected chi connectivity index (χ1v) is 11.7. The lowest BCUT2D eigenvalue weighted by molar-refractivity contribution is -0.118. The lowest BCUT2D eigenvalue weighted by Gasteiger charge is -2.25. The van der Waals surface area contributed by atoms with Gasteiger partial charge in [0.25, 0.3) is 5.91 Å². The molecule has 0 aromatic heterocycles. The average Bonchev–Trinajstić information content (AvgIpc) is 2.79. The van der Waals surface area contributed by atoms with E-state index in [1.807, 2.05) is 49.3 Å². The molecule has 0 heterocycles. The quantitative estimate of drug-likeness (QED) is 0.141. The van der Waals surface area contributed by atoms with Crippen LogP contribution in [-0.2, 0) is 9.53 Å². The standard InChI is InChI=1S/C27H41N5O4/c1-10-13-19(3)31-32(8)18-29-20(4)23(11-2)25(33)30-24(17-28-26(34)36-27(5,6)7)21-14-12-15-22(16-21)35-9/h10-16,24,29,31H,1,4,17-18H2,2-3,5-9H3,(H,28,34)(H,30,33)/b19-13+,23-11+. The first-order chi connectivity index (χ1) is 16.9. The van der Waals surface area contributed by atoms with E-state index in [0.717, 1.165) is 11.3 Å². The molecule has 4 N–H and O–H groups in total. The predicted octanol–water partition coefficient (Wildman–Crippen LogP) is 3.91. The summed E-state index contributed by atoms with van der Waals surface area (Å²) in [6.45, 7) is 17.3. The predicted molar refractivity (Wildman–Crippen MR) is 144 cm³/mol. The lowest BCUT2D eigenvalue weighted by atomic mass is 10.0. The monoisotopic (exact) mass is 499 g/mol. The van der Waals surface area contributed by atoms with Crippen LogP contribution in [0.4, 0.5) is 4.79 Å². The Bertz CT molecular complexity index is 979. The van der Waals surface area contributed by atoms with Crippen molar-refractivity contribution in [3.63, 3.8) is 0 Å². The number of carbonyl (C=O) groups is 2. The van der Waals surface area contributed by atoms with Gasteiger partial charge in [-0.05, 0) is 58.4 Å². The third-order valence-electron chi connectivity index (χ3n) is 4.77. The van der Waals surface area contributed by atoms with Crippen molar-refractivity contribution in [3.05, 3.63) is 78.2 Å². The molecule has 0 aliphatic carbocycles. The topological polar surface area (TPSA) is 104 Å². The smallest absolute Gasteiger partial charge is 0.407 e. The number of ether oxygens (including phenoxy) is 2. The SMILES string of the molecule is C=C/C=C(\C)NN(C)CNC(=C)/C(=C\C)C(=O)NC(CNC(=O)OC(C)(C)C)c1cccc(OC)c1. The Morgan fingerprint density at radius 2 is 1.92 bits per heavy atom. The second kappa shape index (κ2) is 14.6. The Labute approximate surface area is 215 Å². The van der Waals surface area contributed by atoms with Gasteiger partial charge in [0.15, 0.2) is 0 Å². The van der Waals surface area contributed by atoms with Crippen molar-refractivity contribution in [2.45, 2.75) is 46.3 Å². The number of hydrogen-bond acceptors (Lipinski definition) is 7. The maximum Gasteiger partial charge on any atom is 0.407 e. The lowest BCUT2D eigenvalue weighted by Crippen LogP contribution is -2.42. The second-order valence-corrected chi connectivity index (χ2v) is 9.10. The summed E-state index contributed by atoms with van der Waals surface area (Å²) in [4.78, 5) is 25.5. The van der Waals surface area contributed by atoms with E-state index in [9.17, 15) is 9.59 Å². The van der Waals surface area contributed by atoms with E-state index in [4.69, 9.17) is 9.47 Å². The van der Waals surface area contributed by atoms with Gasteiger partial charge in [-0.15, -0.1) is 0 Å². The zero-order valence-corrected chi connectivity index (χ0v) is 22.5. The van der Waals surface area contributed by atoms with Crippen molar-refractivity contribution in [2.75, 3.05) is 27.4 Å². The third-order valence-corrected chi connectivity index (χ3v) is 4.77. The van der Waals surface area contributed by atoms with Gasteiger partial charge in [-0.3, -0.25) is 4.79 Å². The molecule has 0 aliphatic rings. The van der Waals surface area contributed by atoms with Crippen LogP contribution >= 0.6 is 0 Å². The normalized spacial score (nSPS) is 12.9. The number of hydrogen-bond donors (Lipinski definition) is 4. The number of benzene rings is 1. The molecule has 1 rings (SSSR count). The molecular formula is C27H41N5O4. The zero-order chi connectivity index (χ0) is 27.3. The number of carbonyl (C=O) groups excluding carboxylic acids is 2. The number of amides is 2. The summed E-state index contributed by atoms with van der Waals surface area (Å²) in [5.41, 5.74) is 5.05. The summed E-state index contributed by atoms with van der Waals surface area (Å²) in [7, 11) is 3.43.